The molecule has 0 atom stereocenters. The van der Waals surface area contributed by atoms with Crippen molar-refractivity contribution < 1.29 is 9.53 Å². The molecule has 0 amide bonds. The van der Waals surface area contributed by atoms with Crippen molar-refractivity contribution in [1.82, 2.24) is 0 Å². The van der Waals surface area contributed by atoms with Gasteiger partial charge in [0.2, 0.25) is 0 Å². The second kappa shape index (κ2) is 4.71. The molecule has 0 aromatic carbocycles. The monoisotopic (exact) mass is 197 g/mol. The summed E-state index contributed by atoms with van der Waals surface area (Å²) in [4.78, 5) is 11.8. The Kier molecular flexibility index (Phi) is 3.84. The second-order valence-corrected chi connectivity index (χ2v) is 4.15. The van der Waals surface area contributed by atoms with Crippen LogP contribution < -0.4 is 5.73 Å². The van der Waals surface area contributed by atoms with Crippen molar-refractivity contribution in [2.75, 3.05) is 13.2 Å². The molecule has 0 aliphatic carbocycles. The van der Waals surface area contributed by atoms with Gasteiger partial charge in [0.05, 0.1) is 5.54 Å². The molecular weight excluding hydrogens is 178 g/mol. The van der Waals surface area contributed by atoms with Crippen molar-refractivity contribution in [1.29, 1.82) is 0 Å². The highest BCUT2D eigenvalue weighted by Gasteiger charge is 2.34. The summed E-state index contributed by atoms with van der Waals surface area (Å²) in [5.41, 5.74) is 6.43. The third-order valence-electron chi connectivity index (χ3n) is 2.72. The Morgan fingerprint density at radius 3 is 2.50 bits per heavy atom. The van der Waals surface area contributed by atoms with E-state index >= 15 is 0 Å². The first kappa shape index (κ1) is 11.4. The van der Waals surface area contributed by atoms with Crippen LogP contribution in [0.5, 0.6) is 0 Å². The minimum Gasteiger partial charge on any atom is -0.381 e. The first-order chi connectivity index (χ1) is 6.54. The standard InChI is InChI=1S/C11H19NO2/c1-9(2)3-4-10(13)11(12)5-7-14-8-6-11/h1,3-8,12H2,2H3. The summed E-state index contributed by atoms with van der Waals surface area (Å²) in [6.07, 6.45) is 2.58. The van der Waals surface area contributed by atoms with E-state index in [0.29, 0.717) is 32.5 Å². The molecule has 1 aliphatic heterocycles. The van der Waals surface area contributed by atoms with Crippen LogP contribution in [0.3, 0.4) is 0 Å². The highest BCUT2D eigenvalue weighted by Crippen LogP contribution is 2.21. The summed E-state index contributed by atoms with van der Waals surface area (Å²) in [5, 5.41) is 0. The maximum Gasteiger partial charge on any atom is 0.153 e. The zero-order valence-corrected chi connectivity index (χ0v) is 8.84. The van der Waals surface area contributed by atoms with Crippen molar-refractivity contribution >= 4 is 5.78 Å². The van der Waals surface area contributed by atoms with Gasteiger partial charge in [-0.3, -0.25) is 4.79 Å². The lowest BCUT2D eigenvalue weighted by molar-refractivity contribution is -0.127. The van der Waals surface area contributed by atoms with Crippen LogP contribution >= 0.6 is 0 Å². The van der Waals surface area contributed by atoms with E-state index in [1.807, 2.05) is 6.92 Å². The molecule has 14 heavy (non-hydrogen) atoms. The average Bonchev–Trinajstić information content (AvgIpc) is 2.15. The van der Waals surface area contributed by atoms with Crippen molar-refractivity contribution in [3.63, 3.8) is 0 Å². The number of hydrogen-bond acceptors (Lipinski definition) is 3. The smallest absolute Gasteiger partial charge is 0.153 e. The van der Waals surface area contributed by atoms with Crippen molar-refractivity contribution in [3.8, 4) is 0 Å². The van der Waals surface area contributed by atoms with E-state index in [9.17, 15) is 4.79 Å². The fourth-order valence-electron chi connectivity index (χ4n) is 1.59. The summed E-state index contributed by atoms with van der Waals surface area (Å²) in [7, 11) is 0. The molecule has 0 unspecified atom stereocenters. The normalized spacial score (nSPS) is 20.4. The number of hydrogen-bond donors (Lipinski definition) is 1. The van der Waals surface area contributed by atoms with Gasteiger partial charge in [0.15, 0.2) is 5.78 Å². The van der Waals surface area contributed by atoms with E-state index in [1.54, 1.807) is 0 Å². The van der Waals surface area contributed by atoms with Gasteiger partial charge in [-0.2, -0.15) is 0 Å². The number of ether oxygens (including phenoxy) is 1. The number of allylic oxidation sites excluding steroid dienone is 1. The molecule has 1 aliphatic rings. The Balaban J connectivity index is 2.45. The maximum atomic E-state index is 11.8. The van der Waals surface area contributed by atoms with Crippen LogP contribution in [-0.2, 0) is 9.53 Å². The summed E-state index contributed by atoms with van der Waals surface area (Å²) < 4.78 is 5.19. The molecule has 1 fully saturated rings. The SMILES string of the molecule is C=C(C)CCC(=O)C1(N)CCOCC1. The second-order valence-electron chi connectivity index (χ2n) is 4.15. The van der Waals surface area contributed by atoms with E-state index < -0.39 is 5.54 Å². The van der Waals surface area contributed by atoms with Gasteiger partial charge in [-0.25, -0.2) is 0 Å². The lowest BCUT2D eigenvalue weighted by Crippen LogP contribution is -2.51. The fraction of sp³-hybridized carbons (Fsp3) is 0.727. The van der Waals surface area contributed by atoms with Gasteiger partial charge in [0.25, 0.3) is 0 Å². The highest BCUT2D eigenvalue weighted by molar-refractivity contribution is 5.88. The lowest BCUT2D eigenvalue weighted by atomic mass is 9.84. The molecule has 80 valence electrons. The van der Waals surface area contributed by atoms with E-state index in [4.69, 9.17) is 10.5 Å². The summed E-state index contributed by atoms with van der Waals surface area (Å²) >= 11 is 0. The number of rotatable bonds is 4. The number of ketones is 1. The Bertz CT molecular complexity index is 229. The zero-order chi connectivity index (χ0) is 10.6. The molecule has 0 radical (unpaired) electrons. The molecule has 2 N–H and O–H groups in total. The van der Waals surface area contributed by atoms with Crippen LogP contribution in [0.15, 0.2) is 12.2 Å². The summed E-state index contributed by atoms with van der Waals surface area (Å²) in [6.45, 7) is 6.92. The van der Waals surface area contributed by atoms with Gasteiger partial charge in [0, 0.05) is 19.6 Å². The van der Waals surface area contributed by atoms with Crippen LogP contribution in [0.1, 0.15) is 32.6 Å². The van der Waals surface area contributed by atoms with Crippen molar-refractivity contribution in [2.24, 2.45) is 5.73 Å². The largest absolute Gasteiger partial charge is 0.381 e. The van der Waals surface area contributed by atoms with Gasteiger partial charge in [0.1, 0.15) is 0 Å². The van der Waals surface area contributed by atoms with Crippen LogP contribution in [0, 0.1) is 0 Å². The first-order valence-electron chi connectivity index (χ1n) is 5.09. The predicted octanol–water partition coefficient (Wildman–Crippen LogP) is 1.42. The van der Waals surface area contributed by atoms with Crippen LogP contribution in [0.25, 0.3) is 0 Å². The predicted molar refractivity (Wildman–Crippen MR) is 56.0 cm³/mol. The van der Waals surface area contributed by atoms with Crippen molar-refractivity contribution in [3.05, 3.63) is 12.2 Å². The quantitative estimate of drug-likeness (QED) is 0.693. The number of Topliss-reactive ketones (excluding diaryl/α,β-unsaturated/α-hetero) is 1. The average molecular weight is 197 g/mol. The highest BCUT2D eigenvalue weighted by atomic mass is 16.5. The summed E-state index contributed by atoms with van der Waals surface area (Å²) in [6, 6.07) is 0. The molecular formula is C11H19NO2. The molecule has 1 saturated heterocycles. The lowest BCUT2D eigenvalue weighted by Gasteiger charge is -2.31. The van der Waals surface area contributed by atoms with Crippen molar-refractivity contribution in [2.45, 2.75) is 38.1 Å². The Hall–Kier alpha value is -0.670. The topological polar surface area (TPSA) is 52.3 Å². The zero-order valence-electron chi connectivity index (χ0n) is 8.84. The Morgan fingerprint density at radius 1 is 1.43 bits per heavy atom. The molecule has 0 spiro atoms. The molecule has 3 nitrogen and oxygen atoms in total. The third-order valence-corrected chi connectivity index (χ3v) is 2.72. The summed E-state index contributed by atoms with van der Waals surface area (Å²) in [5.74, 6) is 0.156. The van der Waals surface area contributed by atoms with Gasteiger partial charge in [-0.15, -0.1) is 6.58 Å². The number of carbonyl (C=O) groups excluding carboxylic acids is 1. The van der Waals surface area contributed by atoms with E-state index in [0.717, 1.165) is 12.0 Å². The Morgan fingerprint density at radius 2 is 2.00 bits per heavy atom. The van der Waals surface area contributed by atoms with Crippen LogP contribution in [0.2, 0.25) is 0 Å². The fourth-order valence-corrected chi connectivity index (χ4v) is 1.59. The van der Waals surface area contributed by atoms with Gasteiger partial charge >= 0.3 is 0 Å². The van der Waals surface area contributed by atoms with E-state index in [-0.39, 0.29) is 5.78 Å². The first-order valence-corrected chi connectivity index (χ1v) is 5.09. The number of carbonyl (C=O) groups is 1. The number of nitrogens with two attached hydrogens (primary N) is 1. The molecule has 1 rings (SSSR count). The molecule has 0 saturated carbocycles. The Labute approximate surface area is 85.3 Å². The van der Waals surface area contributed by atoms with Gasteiger partial charge in [-0.05, 0) is 26.2 Å². The maximum absolute atomic E-state index is 11.8. The molecule has 3 heteroatoms. The van der Waals surface area contributed by atoms with Gasteiger partial charge < -0.3 is 10.5 Å². The van der Waals surface area contributed by atoms with Gasteiger partial charge in [-0.1, -0.05) is 5.57 Å². The van der Waals surface area contributed by atoms with E-state index in [2.05, 4.69) is 6.58 Å². The minimum absolute atomic E-state index is 0.156. The third kappa shape index (κ3) is 2.93. The van der Waals surface area contributed by atoms with E-state index in [1.165, 1.54) is 0 Å². The molecule has 1 heterocycles. The molecule has 0 bridgehead atoms. The molecule has 0 aromatic heterocycles. The molecule has 0 aromatic rings. The minimum atomic E-state index is -0.631. The van der Waals surface area contributed by atoms with Crippen LogP contribution in [-0.4, -0.2) is 24.5 Å². The van der Waals surface area contributed by atoms with Crippen LogP contribution in [0.4, 0.5) is 0 Å².